The molecule has 2 aromatic rings. The third kappa shape index (κ3) is 2.74. The molecule has 0 amide bonds. The summed E-state index contributed by atoms with van der Waals surface area (Å²) in [6.07, 6.45) is 4.71. The molecule has 98 valence electrons. The summed E-state index contributed by atoms with van der Waals surface area (Å²) in [5.74, 6) is -0.222. The van der Waals surface area contributed by atoms with E-state index in [0.29, 0.717) is 5.02 Å². The lowest BCUT2D eigenvalue weighted by molar-refractivity contribution is 0.318. The molecule has 3 N–H and O–H groups in total. The van der Waals surface area contributed by atoms with Gasteiger partial charge < -0.3 is 15.5 Å². The van der Waals surface area contributed by atoms with Crippen LogP contribution in [-0.4, -0.2) is 20.6 Å². The lowest BCUT2D eigenvalue weighted by atomic mass is 10.2. The highest BCUT2D eigenvalue weighted by atomic mass is 35.5. The van der Waals surface area contributed by atoms with E-state index in [2.05, 4.69) is 10.1 Å². The molecule has 0 aliphatic carbocycles. The second-order valence-electron chi connectivity index (χ2n) is 3.81. The number of pyridine rings is 2. The maximum Gasteiger partial charge on any atom is 0.261 e. The Morgan fingerprint density at radius 1 is 1.53 bits per heavy atom. The highest BCUT2D eigenvalue weighted by molar-refractivity contribution is 6.31. The minimum Gasteiger partial charge on any atom is -0.409 e. The molecule has 0 atom stereocenters. The fourth-order valence-electron chi connectivity index (χ4n) is 1.63. The van der Waals surface area contributed by atoms with Gasteiger partial charge in [0.05, 0.1) is 17.1 Å². The van der Waals surface area contributed by atoms with Crippen LogP contribution >= 0.6 is 11.6 Å². The van der Waals surface area contributed by atoms with Gasteiger partial charge in [0.1, 0.15) is 0 Å². The quantitative estimate of drug-likeness (QED) is 0.380. The first-order valence-electron chi connectivity index (χ1n) is 5.39. The van der Waals surface area contributed by atoms with Crippen molar-refractivity contribution in [3.8, 4) is 0 Å². The number of aromatic nitrogens is 2. The summed E-state index contributed by atoms with van der Waals surface area (Å²) in [6.45, 7) is 0.284. The van der Waals surface area contributed by atoms with Crippen LogP contribution in [0.25, 0.3) is 0 Å². The van der Waals surface area contributed by atoms with Gasteiger partial charge in [-0.1, -0.05) is 16.8 Å². The average Bonchev–Trinajstić information content (AvgIpc) is 2.42. The smallest absolute Gasteiger partial charge is 0.261 e. The van der Waals surface area contributed by atoms with E-state index >= 15 is 0 Å². The summed E-state index contributed by atoms with van der Waals surface area (Å²) in [5.41, 5.74) is 5.98. The van der Waals surface area contributed by atoms with Gasteiger partial charge in [0.2, 0.25) is 0 Å². The van der Waals surface area contributed by atoms with E-state index in [1.807, 2.05) is 0 Å². The molecule has 2 rings (SSSR count). The van der Waals surface area contributed by atoms with Crippen molar-refractivity contribution in [2.45, 2.75) is 6.54 Å². The number of halogens is 1. The Bertz CT molecular complexity index is 681. The maximum absolute atomic E-state index is 12.1. The van der Waals surface area contributed by atoms with Crippen molar-refractivity contribution in [1.82, 2.24) is 9.55 Å². The normalized spacial score (nSPS) is 11.5. The summed E-state index contributed by atoms with van der Waals surface area (Å²) in [7, 11) is 0. The molecule has 0 aromatic carbocycles. The van der Waals surface area contributed by atoms with Gasteiger partial charge in [-0.3, -0.25) is 9.78 Å². The number of oxime groups is 1. The summed E-state index contributed by atoms with van der Waals surface area (Å²) in [5, 5.41) is 11.9. The van der Waals surface area contributed by atoms with Gasteiger partial charge in [-0.05, 0) is 23.8 Å². The zero-order chi connectivity index (χ0) is 13.8. The van der Waals surface area contributed by atoms with Crippen LogP contribution < -0.4 is 11.3 Å². The van der Waals surface area contributed by atoms with Crippen LogP contribution in [0.2, 0.25) is 5.02 Å². The first-order valence-corrected chi connectivity index (χ1v) is 5.77. The molecule has 2 aromatic heterocycles. The Hall–Kier alpha value is -2.34. The minimum absolute atomic E-state index is 0.134. The van der Waals surface area contributed by atoms with Crippen LogP contribution in [-0.2, 0) is 6.54 Å². The van der Waals surface area contributed by atoms with Gasteiger partial charge >= 0.3 is 0 Å². The Balaban J connectivity index is 2.43. The van der Waals surface area contributed by atoms with Gasteiger partial charge in [-0.2, -0.15) is 0 Å². The predicted molar refractivity (Wildman–Crippen MR) is 71.6 cm³/mol. The summed E-state index contributed by atoms with van der Waals surface area (Å²) < 4.78 is 1.43. The van der Waals surface area contributed by atoms with Crippen molar-refractivity contribution in [3.63, 3.8) is 0 Å². The minimum atomic E-state index is -0.356. The number of hydrogen-bond donors (Lipinski definition) is 2. The number of nitrogens with zero attached hydrogens (tertiary/aromatic N) is 3. The van der Waals surface area contributed by atoms with Crippen molar-refractivity contribution < 1.29 is 5.21 Å². The van der Waals surface area contributed by atoms with Crippen LogP contribution in [0.1, 0.15) is 11.1 Å². The van der Waals surface area contributed by atoms with E-state index < -0.39 is 0 Å². The van der Waals surface area contributed by atoms with Crippen molar-refractivity contribution in [1.29, 1.82) is 0 Å². The molecule has 0 unspecified atom stereocenters. The fraction of sp³-hybridized carbons (Fsp3) is 0.0833. The van der Waals surface area contributed by atoms with Crippen molar-refractivity contribution in [3.05, 3.63) is 63.3 Å². The largest absolute Gasteiger partial charge is 0.409 e. The number of hydrogen-bond acceptors (Lipinski definition) is 4. The highest BCUT2D eigenvalue weighted by Gasteiger charge is 2.09. The number of amidine groups is 1. The second kappa shape index (κ2) is 5.53. The molecule has 7 heteroatoms. The SMILES string of the molecule is N/C(=N/O)c1cccn(Cc2ccncc2Cl)c1=O. The van der Waals surface area contributed by atoms with Crippen molar-refractivity contribution in [2.75, 3.05) is 0 Å². The molecule has 2 heterocycles. The molecule has 0 fully saturated rings. The first-order chi connectivity index (χ1) is 9.13. The highest BCUT2D eigenvalue weighted by Crippen LogP contribution is 2.13. The summed E-state index contributed by atoms with van der Waals surface area (Å²) >= 11 is 5.99. The standard InChI is InChI=1S/C12H11ClN4O2/c13-10-6-15-4-3-8(10)7-17-5-1-2-9(12(17)18)11(14)16-19/h1-6,19H,7H2,(H2,14,16). The molecule has 0 aliphatic heterocycles. The topological polar surface area (TPSA) is 93.5 Å². The van der Waals surface area contributed by atoms with E-state index in [-0.39, 0.29) is 23.5 Å². The first kappa shape index (κ1) is 13.1. The van der Waals surface area contributed by atoms with Crippen LogP contribution in [0.3, 0.4) is 0 Å². The molecular weight excluding hydrogens is 268 g/mol. The van der Waals surface area contributed by atoms with Gasteiger partial charge in [-0.25, -0.2) is 0 Å². The zero-order valence-electron chi connectivity index (χ0n) is 9.82. The molecule has 0 bridgehead atoms. The molecule has 0 radical (unpaired) electrons. The molecular formula is C12H11ClN4O2. The van der Waals surface area contributed by atoms with Gasteiger partial charge in [0.15, 0.2) is 5.84 Å². The third-order valence-electron chi connectivity index (χ3n) is 2.60. The summed E-state index contributed by atoms with van der Waals surface area (Å²) in [6, 6.07) is 4.86. The van der Waals surface area contributed by atoms with E-state index in [9.17, 15) is 4.79 Å². The molecule has 6 nitrogen and oxygen atoms in total. The predicted octanol–water partition coefficient (Wildman–Crippen LogP) is 1.04. The van der Waals surface area contributed by atoms with Crippen LogP contribution in [0.15, 0.2) is 46.7 Å². The summed E-state index contributed by atoms with van der Waals surface area (Å²) in [4.78, 5) is 16.0. The van der Waals surface area contributed by atoms with E-state index in [1.54, 1.807) is 24.5 Å². The van der Waals surface area contributed by atoms with Gasteiger partial charge in [-0.15, -0.1) is 0 Å². The Morgan fingerprint density at radius 3 is 3.00 bits per heavy atom. The molecule has 19 heavy (non-hydrogen) atoms. The molecule has 0 saturated heterocycles. The number of rotatable bonds is 3. The molecule has 0 aliphatic rings. The van der Waals surface area contributed by atoms with Crippen molar-refractivity contribution in [2.24, 2.45) is 10.9 Å². The molecule has 0 saturated carbocycles. The monoisotopic (exact) mass is 278 g/mol. The van der Waals surface area contributed by atoms with Crippen molar-refractivity contribution >= 4 is 17.4 Å². The lowest BCUT2D eigenvalue weighted by Crippen LogP contribution is -2.29. The Kier molecular flexibility index (Phi) is 3.82. The van der Waals surface area contributed by atoms with E-state index in [1.165, 1.54) is 16.8 Å². The Labute approximate surface area is 113 Å². The third-order valence-corrected chi connectivity index (χ3v) is 2.94. The fourth-order valence-corrected chi connectivity index (χ4v) is 1.81. The lowest BCUT2D eigenvalue weighted by Gasteiger charge is -2.08. The van der Waals surface area contributed by atoms with E-state index in [4.69, 9.17) is 22.5 Å². The van der Waals surface area contributed by atoms with Gasteiger partial charge in [0, 0.05) is 18.6 Å². The average molecular weight is 279 g/mol. The number of nitrogens with two attached hydrogens (primary N) is 1. The van der Waals surface area contributed by atoms with E-state index in [0.717, 1.165) is 5.56 Å². The van der Waals surface area contributed by atoms with Gasteiger partial charge in [0.25, 0.3) is 5.56 Å². The Morgan fingerprint density at radius 2 is 2.32 bits per heavy atom. The van der Waals surface area contributed by atoms with Crippen LogP contribution in [0, 0.1) is 0 Å². The maximum atomic E-state index is 12.1. The van der Waals surface area contributed by atoms with Crippen LogP contribution in [0.5, 0.6) is 0 Å². The van der Waals surface area contributed by atoms with Crippen LogP contribution in [0.4, 0.5) is 0 Å². The molecule has 0 spiro atoms. The second-order valence-corrected chi connectivity index (χ2v) is 4.21. The zero-order valence-corrected chi connectivity index (χ0v) is 10.6.